The van der Waals surface area contributed by atoms with E-state index in [2.05, 4.69) is 5.32 Å². The number of carbonyl (C=O) groups is 1. The molecule has 2 aliphatic rings. The number of fused-ring (bicyclic) bond motifs is 2. The van der Waals surface area contributed by atoms with Crippen LogP contribution in [0, 0.1) is 5.82 Å². The van der Waals surface area contributed by atoms with Gasteiger partial charge in [0.25, 0.3) is 0 Å². The van der Waals surface area contributed by atoms with Crippen LogP contribution in [0.4, 0.5) is 10.1 Å². The monoisotopic (exact) mass is 297 g/mol. The number of benzene rings is 2. The number of anilines is 1. The summed E-state index contributed by atoms with van der Waals surface area (Å²) in [4.78, 5) is 11.2. The van der Waals surface area contributed by atoms with Gasteiger partial charge >= 0.3 is 5.97 Å². The maximum atomic E-state index is 13.5. The minimum atomic E-state index is -0.897. The second kappa shape index (κ2) is 4.57. The maximum absolute atomic E-state index is 13.5. The van der Waals surface area contributed by atoms with Crippen molar-refractivity contribution < 1.29 is 14.3 Å². The van der Waals surface area contributed by atoms with Crippen molar-refractivity contribution in [2.75, 3.05) is 5.32 Å². The predicted molar refractivity (Wildman–Crippen MR) is 81.7 cm³/mol. The molecule has 4 rings (SSSR count). The average Bonchev–Trinajstić information content (AvgIpc) is 3.27. The summed E-state index contributed by atoms with van der Waals surface area (Å²) >= 11 is 0. The van der Waals surface area contributed by atoms with Crippen molar-refractivity contribution >= 4 is 11.7 Å². The summed E-state index contributed by atoms with van der Waals surface area (Å²) in [5.74, 6) is -1.12. The van der Waals surface area contributed by atoms with Gasteiger partial charge < -0.3 is 10.4 Å². The first kappa shape index (κ1) is 13.3. The zero-order valence-corrected chi connectivity index (χ0v) is 12.0. The lowest BCUT2D eigenvalue weighted by Crippen LogP contribution is -2.26. The van der Waals surface area contributed by atoms with E-state index in [1.54, 1.807) is 24.3 Å². The van der Waals surface area contributed by atoms with E-state index in [9.17, 15) is 14.3 Å². The van der Waals surface area contributed by atoms with Gasteiger partial charge in [-0.15, -0.1) is 0 Å². The van der Waals surface area contributed by atoms with Crippen molar-refractivity contribution in [3.63, 3.8) is 0 Å². The SMILES string of the molecule is O=C(O)c1ccc2c(c1)C1(CC1)CC(c1cccc(F)c1)N2. The fourth-order valence-corrected chi connectivity index (χ4v) is 3.53. The molecule has 1 spiro atoms. The Kier molecular flexibility index (Phi) is 2.76. The molecule has 1 saturated carbocycles. The third-order valence-corrected chi connectivity index (χ3v) is 4.87. The van der Waals surface area contributed by atoms with E-state index in [1.165, 1.54) is 6.07 Å². The van der Waals surface area contributed by atoms with Crippen molar-refractivity contribution in [1.29, 1.82) is 0 Å². The summed E-state index contributed by atoms with van der Waals surface area (Å²) < 4.78 is 13.5. The van der Waals surface area contributed by atoms with Crippen LogP contribution in [0.15, 0.2) is 42.5 Å². The normalized spacial score (nSPS) is 21.0. The number of rotatable bonds is 2. The number of halogens is 1. The Morgan fingerprint density at radius 3 is 2.73 bits per heavy atom. The summed E-state index contributed by atoms with van der Waals surface area (Å²) in [6, 6.07) is 12.0. The lowest BCUT2D eigenvalue weighted by atomic mass is 9.81. The van der Waals surface area contributed by atoms with Gasteiger partial charge in [0, 0.05) is 5.69 Å². The van der Waals surface area contributed by atoms with E-state index in [0.29, 0.717) is 5.56 Å². The summed E-state index contributed by atoms with van der Waals surface area (Å²) in [6.07, 6.45) is 3.01. The first-order chi connectivity index (χ1) is 10.6. The Morgan fingerprint density at radius 1 is 1.23 bits per heavy atom. The van der Waals surface area contributed by atoms with Gasteiger partial charge in [0.15, 0.2) is 0 Å². The molecule has 1 atom stereocenters. The molecule has 0 amide bonds. The lowest BCUT2D eigenvalue weighted by molar-refractivity contribution is 0.0696. The van der Waals surface area contributed by atoms with Crippen LogP contribution in [-0.4, -0.2) is 11.1 Å². The molecule has 1 fully saturated rings. The van der Waals surface area contributed by atoms with E-state index >= 15 is 0 Å². The highest BCUT2D eigenvalue weighted by molar-refractivity contribution is 5.89. The molecular weight excluding hydrogens is 281 g/mol. The van der Waals surface area contributed by atoms with Gasteiger partial charge in [0.1, 0.15) is 5.82 Å². The summed E-state index contributed by atoms with van der Waals surface area (Å²) in [5, 5.41) is 12.6. The smallest absolute Gasteiger partial charge is 0.335 e. The minimum absolute atomic E-state index is 0.0586. The van der Waals surface area contributed by atoms with Crippen LogP contribution in [0.25, 0.3) is 0 Å². The number of hydrogen-bond donors (Lipinski definition) is 2. The van der Waals surface area contributed by atoms with Crippen LogP contribution in [0.5, 0.6) is 0 Å². The molecule has 0 saturated heterocycles. The van der Waals surface area contributed by atoms with Crippen molar-refractivity contribution in [3.05, 3.63) is 65.0 Å². The highest BCUT2D eigenvalue weighted by Crippen LogP contribution is 2.59. The average molecular weight is 297 g/mol. The lowest BCUT2D eigenvalue weighted by Gasteiger charge is -2.34. The molecule has 2 aromatic rings. The molecule has 112 valence electrons. The van der Waals surface area contributed by atoms with Crippen LogP contribution in [0.1, 0.15) is 46.8 Å². The van der Waals surface area contributed by atoms with Crippen LogP contribution >= 0.6 is 0 Å². The van der Waals surface area contributed by atoms with Gasteiger partial charge in [-0.05, 0) is 66.1 Å². The molecule has 3 nitrogen and oxygen atoms in total. The molecule has 1 aliphatic carbocycles. The third-order valence-electron chi connectivity index (χ3n) is 4.87. The summed E-state index contributed by atoms with van der Waals surface area (Å²) in [5.41, 5.74) is 3.40. The predicted octanol–water partition coefficient (Wildman–Crippen LogP) is 4.11. The van der Waals surface area contributed by atoms with E-state index in [-0.39, 0.29) is 17.3 Å². The molecule has 1 heterocycles. The van der Waals surface area contributed by atoms with Gasteiger partial charge in [0.2, 0.25) is 0 Å². The molecule has 0 radical (unpaired) electrons. The standard InChI is InChI=1S/C18H16FNO2/c19-13-3-1-2-11(8-13)16-10-18(6-7-18)14-9-12(17(21)22)4-5-15(14)20-16/h1-5,8-9,16,20H,6-7,10H2,(H,21,22). The number of carboxylic acid groups (broad SMARTS) is 1. The van der Waals surface area contributed by atoms with E-state index < -0.39 is 5.97 Å². The fraction of sp³-hybridized carbons (Fsp3) is 0.278. The summed E-state index contributed by atoms with van der Waals surface area (Å²) in [7, 11) is 0. The Hall–Kier alpha value is -2.36. The molecule has 2 N–H and O–H groups in total. The van der Waals surface area contributed by atoms with Crippen molar-refractivity contribution in [3.8, 4) is 0 Å². The van der Waals surface area contributed by atoms with Crippen LogP contribution in [0.3, 0.4) is 0 Å². The third kappa shape index (κ3) is 2.06. The van der Waals surface area contributed by atoms with Crippen molar-refractivity contribution in [2.24, 2.45) is 0 Å². The van der Waals surface area contributed by atoms with E-state index in [1.807, 2.05) is 12.1 Å². The first-order valence-electron chi connectivity index (χ1n) is 7.47. The highest BCUT2D eigenvalue weighted by Gasteiger charge is 2.49. The van der Waals surface area contributed by atoms with Gasteiger partial charge in [0.05, 0.1) is 11.6 Å². The highest BCUT2D eigenvalue weighted by atomic mass is 19.1. The number of hydrogen-bond acceptors (Lipinski definition) is 2. The Bertz CT molecular complexity index is 767. The number of carboxylic acids is 1. The summed E-state index contributed by atoms with van der Waals surface area (Å²) in [6.45, 7) is 0. The molecule has 1 unspecified atom stereocenters. The molecule has 0 aromatic heterocycles. The second-order valence-corrected chi connectivity index (χ2v) is 6.30. The van der Waals surface area contributed by atoms with Crippen LogP contribution in [0.2, 0.25) is 0 Å². The molecule has 0 bridgehead atoms. The molecule has 22 heavy (non-hydrogen) atoms. The van der Waals surface area contributed by atoms with Gasteiger partial charge in [-0.2, -0.15) is 0 Å². The molecule has 1 aliphatic heterocycles. The Morgan fingerprint density at radius 2 is 2.05 bits per heavy atom. The topological polar surface area (TPSA) is 49.3 Å². The zero-order valence-electron chi connectivity index (χ0n) is 12.0. The van der Waals surface area contributed by atoms with Crippen LogP contribution < -0.4 is 5.32 Å². The quantitative estimate of drug-likeness (QED) is 0.877. The first-order valence-corrected chi connectivity index (χ1v) is 7.47. The molecular formula is C18H16FNO2. The fourth-order valence-electron chi connectivity index (χ4n) is 3.53. The van der Waals surface area contributed by atoms with Crippen LogP contribution in [-0.2, 0) is 5.41 Å². The second-order valence-electron chi connectivity index (χ2n) is 6.30. The zero-order chi connectivity index (χ0) is 15.3. The minimum Gasteiger partial charge on any atom is -0.478 e. The van der Waals surface area contributed by atoms with Gasteiger partial charge in [-0.25, -0.2) is 9.18 Å². The molecule has 4 heteroatoms. The number of aromatic carboxylic acids is 1. The van der Waals surface area contributed by atoms with E-state index in [0.717, 1.165) is 36.1 Å². The Labute approximate surface area is 127 Å². The van der Waals surface area contributed by atoms with Gasteiger partial charge in [-0.3, -0.25) is 0 Å². The van der Waals surface area contributed by atoms with E-state index in [4.69, 9.17) is 0 Å². The van der Waals surface area contributed by atoms with Crippen molar-refractivity contribution in [2.45, 2.75) is 30.7 Å². The number of nitrogens with one attached hydrogen (secondary N) is 1. The Balaban J connectivity index is 1.74. The largest absolute Gasteiger partial charge is 0.478 e. The van der Waals surface area contributed by atoms with Gasteiger partial charge in [-0.1, -0.05) is 12.1 Å². The maximum Gasteiger partial charge on any atom is 0.335 e. The van der Waals surface area contributed by atoms with Crippen molar-refractivity contribution in [1.82, 2.24) is 0 Å². The molecule has 2 aromatic carbocycles.